The Labute approximate surface area is 132 Å². The number of carbonyl (C=O) groups excluding carboxylic acids is 1. The number of aliphatic hydroxyl groups is 1. The Morgan fingerprint density at radius 3 is 2.22 bits per heavy atom. The minimum absolute atomic E-state index is 0.0248. The SMILES string of the molecule is O=C(O)c1ccc2cc(C(=O)NCC3(CO)COC3)ccc2c1. The number of aromatic carboxylic acids is 1. The van der Waals surface area contributed by atoms with Crippen LogP contribution >= 0.6 is 0 Å². The second-order valence-electron chi connectivity index (χ2n) is 5.92. The van der Waals surface area contributed by atoms with E-state index in [0.717, 1.165) is 10.8 Å². The van der Waals surface area contributed by atoms with Crippen LogP contribution in [0.3, 0.4) is 0 Å². The van der Waals surface area contributed by atoms with E-state index in [0.29, 0.717) is 25.3 Å². The molecular weight excluding hydrogens is 298 g/mol. The first-order valence-electron chi connectivity index (χ1n) is 7.27. The molecule has 1 heterocycles. The first kappa shape index (κ1) is 15.5. The molecule has 2 aromatic carbocycles. The quantitative estimate of drug-likeness (QED) is 0.772. The highest BCUT2D eigenvalue weighted by Gasteiger charge is 2.38. The van der Waals surface area contributed by atoms with Crippen molar-refractivity contribution in [1.82, 2.24) is 5.32 Å². The summed E-state index contributed by atoms with van der Waals surface area (Å²) in [6.07, 6.45) is 0. The van der Waals surface area contributed by atoms with Crippen LogP contribution in [0, 0.1) is 5.41 Å². The van der Waals surface area contributed by atoms with E-state index < -0.39 is 5.97 Å². The van der Waals surface area contributed by atoms with Gasteiger partial charge in [0.25, 0.3) is 5.91 Å². The molecule has 3 N–H and O–H groups in total. The molecule has 1 aliphatic heterocycles. The molecule has 0 radical (unpaired) electrons. The van der Waals surface area contributed by atoms with Crippen molar-refractivity contribution < 1.29 is 24.5 Å². The molecule has 1 aliphatic rings. The summed E-state index contributed by atoms with van der Waals surface area (Å²) in [5.41, 5.74) is 0.335. The molecule has 3 rings (SSSR count). The van der Waals surface area contributed by atoms with Crippen LogP contribution in [-0.4, -0.2) is 48.5 Å². The predicted molar refractivity (Wildman–Crippen MR) is 83.6 cm³/mol. The van der Waals surface area contributed by atoms with Gasteiger partial charge in [-0.05, 0) is 35.0 Å². The van der Waals surface area contributed by atoms with Gasteiger partial charge in [0.15, 0.2) is 0 Å². The third-order valence-electron chi connectivity index (χ3n) is 4.13. The zero-order valence-electron chi connectivity index (χ0n) is 12.4. The van der Waals surface area contributed by atoms with Gasteiger partial charge in [-0.25, -0.2) is 4.79 Å². The molecule has 1 amide bonds. The number of hydrogen-bond acceptors (Lipinski definition) is 4. The molecule has 0 unspecified atom stereocenters. The number of hydrogen-bond donors (Lipinski definition) is 3. The maximum Gasteiger partial charge on any atom is 0.335 e. The summed E-state index contributed by atoms with van der Waals surface area (Å²) in [6.45, 7) is 1.22. The maximum absolute atomic E-state index is 12.2. The summed E-state index contributed by atoms with van der Waals surface area (Å²) in [7, 11) is 0. The number of rotatable bonds is 5. The van der Waals surface area contributed by atoms with Crippen molar-refractivity contribution in [3.05, 3.63) is 47.5 Å². The Morgan fingerprint density at radius 2 is 1.70 bits per heavy atom. The molecule has 23 heavy (non-hydrogen) atoms. The predicted octanol–water partition coefficient (Wildman–Crippen LogP) is 1.28. The Morgan fingerprint density at radius 1 is 1.09 bits per heavy atom. The number of carbonyl (C=O) groups is 2. The van der Waals surface area contributed by atoms with Crippen molar-refractivity contribution in [2.75, 3.05) is 26.4 Å². The van der Waals surface area contributed by atoms with Crippen molar-refractivity contribution in [3.8, 4) is 0 Å². The molecule has 0 saturated carbocycles. The molecule has 120 valence electrons. The Bertz CT molecular complexity index is 761. The van der Waals surface area contributed by atoms with E-state index >= 15 is 0 Å². The van der Waals surface area contributed by atoms with Gasteiger partial charge in [-0.3, -0.25) is 4.79 Å². The van der Waals surface area contributed by atoms with Crippen molar-refractivity contribution in [3.63, 3.8) is 0 Å². The van der Waals surface area contributed by atoms with E-state index in [2.05, 4.69) is 5.32 Å². The van der Waals surface area contributed by atoms with Crippen LogP contribution in [-0.2, 0) is 4.74 Å². The van der Waals surface area contributed by atoms with E-state index in [4.69, 9.17) is 9.84 Å². The van der Waals surface area contributed by atoms with E-state index in [9.17, 15) is 14.7 Å². The fourth-order valence-corrected chi connectivity index (χ4v) is 2.53. The lowest BCUT2D eigenvalue weighted by Gasteiger charge is -2.39. The second kappa shape index (κ2) is 5.98. The summed E-state index contributed by atoms with van der Waals surface area (Å²) in [6, 6.07) is 9.88. The first-order valence-corrected chi connectivity index (χ1v) is 7.27. The summed E-state index contributed by atoms with van der Waals surface area (Å²) in [5.74, 6) is -1.21. The molecule has 0 atom stereocenters. The van der Waals surface area contributed by atoms with Crippen molar-refractivity contribution in [2.45, 2.75) is 0 Å². The molecule has 1 fully saturated rings. The highest BCUT2D eigenvalue weighted by atomic mass is 16.5. The van der Waals surface area contributed by atoms with Crippen LogP contribution in [0.2, 0.25) is 0 Å². The van der Waals surface area contributed by atoms with E-state index in [1.54, 1.807) is 30.3 Å². The minimum atomic E-state index is -0.981. The van der Waals surface area contributed by atoms with E-state index in [1.807, 2.05) is 0 Å². The van der Waals surface area contributed by atoms with Crippen molar-refractivity contribution in [1.29, 1.82) is 0 Å². The summed E-state index contributed by atoms with van der Waals surface area (Å²) < 4.78 is 5.10. The smallest absolute Gasteiger partial charge is 0.335 e. The number of amides is 1. The summed E-state index contributed by atoms with van der Waals surface area (Å²) in [5, 5.41) is 22.7. The largest absolute Gasteiger partial charge is 0.478 e. The Hall–Kier alpha value is -2.44. The van der Waals surface area contributed by atoms with Gasteiger partial charge >= 0.3 is 5.97 Å². The van der Waals surface area contributed by atoms with Gasteiger partial charge in [-0.2, -0.15) is 0 Å². The Kier molecular flexibility index (Phi) is 4.02. The van der Waals surface area contributed by atoms with Crippen LogP contribution in [0.5, 0.6) is 0 Å². The zero-order chi connectivity index (χ0) is 16.4. The van der Waals surface area contributed by atoms with Gasteiger partial charge in [0.05, 0.1) is 30.8 Å². The van der Waals surface area contributed by atoms with Crippen molar-refractivity contribution in [2.24, 2.45) is 5.41 Å². The van der Waals surface area contributed by atoms with Gasteiger partial charge in [-0.15, -0.1) is 0 Å². The first-order chi connectivity index (χ1) is 11.0. The molecule has 0 aromatic heterocycles. The molecule has 0 spiro atoms. The van der Waals surface area contributed by atoms with Crippen LogP contribution < -0.4 is 5.32 Å². The van der Waals surface area contributed by atoms with Gasteiger partial charge in [0.1, 0.15) is 0 Å². The van der Waals surface area contributed by atoms with E-state index in [-0.39, 0.29) is 23.5 Å². The molecule has 6 heteroatoms. The molecular formula is C17H17NO5. The lowest BCUT2D eigenvalue weighted by atomic mass is 9.87. The lowest BCUT2D eigenvalue weighted by molar-refractivity contribution is -0.133. The molecule has 2 aromatic rings. The minimum Gasteiger partial charge on any atom is -0.478 e. The van der Waals surface area contributed by atoms with Gasteiger partial charge in [0, 0.05) is 12.1 Å². The third-order valence-corrected chi connectivity index (χ3v) is 4.13. The van der Waals surface area contributed by atoms with Crippen molar-refractivity contribution >= 4 is 22.6 Å². The van der Waals surface area contributed by atoms with Crippen LogP contribution in [0.25, 0.3) is 10.8 Å². The van der Waals surface area contributed by atoms with Crippen LogP contribution in [0.4, 0.5) is 0 Å². The standard InChI is InChI=1S/C17H17NO5/c19-8-17(9-23-10-17)7-18-15(20)13-3-1-12-6-14(16(21)22)4-2-11(12)5-13/h1-6,19H,7-10H2,(H,18,20)(H,21,22). The highest BCUT2D eigenvalue weighted by molar-refractivity contribution is 6.00. The number of carboxylic acids is 1. The topological polar surface area (TPSA) is 95.9 Å². The van der Waals surface area contributed by atoms with Gasteiger partial charge in [-0.1, -0.05) is 12.1 Å². The average molecular weight is 315 g/mol. The molecule has 1 saturated heterocycles. The summed E-state index contributed by atoms with van der Waals surface area (Å²) in [4.78, 5) is 23.2. The molecule has 6 nitrogen and oxygen atoms in total. The number of nitrogens with one attached hydrogen (secondary N) is 1. The zero-order valence-corrected chi connectivity index (χ0v) is 12.4. The normalized spacial score (nSPS) is 15.9. The average Bonchev–Trinajstić information content (AvgIpc) is 2.53. The Balaban J connectivity index is 1.76. The fraction of sp³-hybridized carbons (Fsp3) is 0.294. The molecule has 0 bridgehead atoms. The second-order valence-corrected chi connectivity index (χ2v) is 5.92. The number of ether oxygens (including phenoxy) is 1. The van der Waals surface area contributed by atoms with Crippen LogP contribution in [0.1, 0.15) is 20.7 Å². The highest BCUT2D eigenvalue weighted by Crippen LogP contribution is 2.26. The monoisotopic (exact) mass is 315 g/mol. The maximum atomic E-state index is 12.2. The van der Waals surface area contributed by atoms with E-state index in [1.165, 1.54) is 6.07 Å². The third kappa shape index (κ3) is 3.04. The molecule has 0 aliphatic carbocycles. The van der Waals surface area contributed by atoms with Crippen LogP contribution in [0.15, 0.2) is 36.4 Å². The number of aliphatic hydroxyl groups excluding tert-OH is 1. The lowest BCUT2D eigenvalue weighted by Crippen LogP contribution is -2.53. The number of benzene rings is 2. The summed E-state index contributed by atoms with van der Waals surface area (Å²) >= 11 is 0. The van der Waals surface area contributed by atoms with Gasteiger partial charge < -0.3 is 20.3 Å². The number of carboxylic acid groups (broad SMARTS) is 1. The number of fused-ring (bicyclic) bond motifs is 1. The van der Waals surface area contributed by atoms with Gasteiger partial charge in [0.2, 0.25) is 0 Å². The fourth-order valence-electron chi connectivity index (χ4n) is 2.53.